The van der Waals surface area contributed by atoms with Gasteiger partial charge in [-0.15, -0.1) is 10.2 Å². The van der Waals surface area contributed by atoms with Crippen LogP contribution in [0.1, 0.15) is 42.5 Å². The molecule has 0 atom stereocenters. The van der Waals surface area contributed by atoms with Gasteiger partial charge in [0, 0.05) is 21.8 Å². The molecular weight excluding hydrogens is 427 g/mol. The Bertz CT molecular complexity index is 1040. The van der Waals surface area contributed by atoms with Crippen molar-refractivity contribution in [1.29, 1.82) is 0 Å². The van der Waals surface area contributed by atoms with E-state index in [0.29, 0.717) is 22.2 Å². The van der Waals surface area contributed by atoms with Crippen molar-refractivity contribution in [3.8, 4) is 11.5 Å². The summed E-state index contributed by atoms with van der Waals surface area (Å²) in [5, 5.41) is 11.0. The normalized spacial score (nSPS) is 14.1. The lowest BCUT2D eigenvalue weighted by Gasteiger charge is -2.20. The summed E-state index contributed by atoms with van der Waals surface area (Å²) >= 11 is 3.20. The van der Waals surface area contributed by atoms with Crippen LogP contribution in [0.5, 0.6) is 0 Å². The maximum absolute atomic E-state index is 14.0. The lowest BCUT2D eigenvalue weighted by atomic mass is 9.85. The van der Waals surface area contributed by atoms with Gasteiger partial charge in [0.25, 0.3) is 0 Å². The van der Waals surface area contributed by atoms with Crippen molar-refractivity contribution < 1.29 is 13.6 Å². The Kier molecular flexibility index (Phi) is 5.05. The molecule has 6 nitrogen and oxygen atoms in total. The van der Waals surface area contributed by atoms with Crippen molar-refractivity contribution in [2.24, 2.45) is 0 Å². The van der Waals surface area contributed by atoms with Crippen molar-refractivity contribution in [2.45, 2.75) is 45.6 Å². The quantitative estimate of drug-likeness (QED) is 0.600. The Hall–Kier alpha value is -2.48. The molecular formula is C20H20BrFN4O2. The number of hydrogen-bond donors (Lipinski definition) is 1. The van der Waals surface area contributed by atoms with Gasteiger partial charge in [-0.25, -0.2) is 4.39 Å². The summed E-state index contributed by atoms with van der Waals surface area (Å²) in [5.74, 6) is 0.737. The third-order valence-electron chi connectivity index (χ3n) is 5.21. The third kappa shape index (κ3) is 3.61. The molecule has 2 aromatic heterocycles. The van der Waals surface area contributed by atoms with Crippen molar-refractivity contribution in [2.75, 3.05) is 5.32 Å². The van der Waals surface area contributed by atoms with E-state index < -0.39 is 5.82 Å². The van der Waals surface area contributed by atoms with Gasteiger partial charge in [-0.05, 0) is 51.0 Å². The summed E-state index contributed by atoms with van der Waals surface area (Å²) in [5.41, 5.74) is 2.71. The number of benzene rings is 1. The lowest BCUT2D eigenvalue weighted by Crippen LogP contribution is -2.20. The number of aromatic nitrogens is 3. The molecule has 0 radical (unpaired) electrons. The molecule has 0 aliphatic heterocycles. The second-order valence-electron chi connectivity index (χ2n) is 7.12. The fourth-order valence-corrected chi connectivity index (χ4v) is 3.68. The fourth-order valence-electron chi connectivity index (χ4n) is 3.35. The van der Waals surface area contributed by atoms with Crippen LogP contribution in [0.3, 0.4) is 0 Å². The maximum Gasteiger partial charge on any atom is 0.249 e. The molecule has 3 aromatic rings. The number of rotatable bonds is 5. The molecule has 1 saturated carbocycles. The van der Waals surface area contributed by atoms with Crippen molar-refractivity contribution in [1.82, 2.24) is 14.8 Å². The lowest BCUT2D eigenvalue weighted by molar-refractivity contribution is -0.116. The summed E-state index contributed by atoms with van der Waals surface area (Å²) in [6.45, 7) is 3.88. The molecule has 1 fully saturated rings. The van der Waals surface area contributed by atoms with E-state index in [1.54, 1.807) is 6.07 Å². The van der Waals surface area contributed by atoms with E-state index in [-0.39, 0.29) is 18.1 Å². The first-order valence-corrected chi connectivity index (χ1v) is 9.97. The number of anilines is 1. The first kappa shape index (κ1) is 18.9. The highest BCUT2D eigenvalue weighted by Gasteiger charge is 2.26. The summed E-state index contributed by atoms with van der Waals surface area (Å²) in [7, 11) is 0. The monoisotopic (exact) mass is 446 g/mol. The number of carbonyl (C=O) groups is 1. The molecule has 1 aromatic carbocycles. The summed E-state index contributed by atoms with van der Waals surface area (Å²) in [6.07, 6.45) is 3.38. The zero-order valence-electron chi connectivity index (χ0n) is 15.6. The van der Waals surface area contributed by atoms with Crippen molar-refractivity contribution in [3.05, 3.63) is 51.8 Å². The molecule has 1 aliphatic carbocycles. The van der Waals surface area contributed by atoms with E-state index in [4.69, 9.17) is 4.42 Å². The number of carbonyl (C=O) groups excluding carboxylic acids is 1. The van der Waals surface area contributed by atoms with Crippen LogP contribution in [0.25, 0.3) is 11.5 Å². The molecule has 8 heteroatoms. The number of hydrogen-bond acceptors (Lipinski definition) is 4. The average Bonchev–Trinajstić information content (AvgIpc) is 3.16. The number of nitrogens with zero attached hydrogens (tertiary/aromatic N) is 3. The SMILES string of the molecule is Cc1cc(-c2nnc(C3CCC3)o2)c(C)n1CC(=O)Nc1ccc(Br)cc1F. The van der Waals surface area contributed by atoms with E-state index >= 15 is 0 Å². The molecule has 0 unspecified atom stereocenters. The Morgan fingerprint density at radius 3 is 2.79 bits per heavy atom. The third-order valence-corrected chi connectivity index (χ3v) is 5.70. The van der Waals surface area contributed by atoms with E-state index in [0.717, 1.165) is 29.8 Å². The fraction of sp³-hybridized carbons (Fsp3) is 0.350. The summed E-state index contributed by atoms with van der Waals surface area (Å²) in [4.78, 5) is 12.4. The topological polar surface area (TPSA) is 73.0 Å². The molecule has 0 bridgehead atoms. The van der Waals surface area contributed by atoms with Crippen LogP contribution in [-0.2, 0) is 11.3 Å². The number of nitrogens with one attached hydrogen (secondary N) is 1. The van der Waals surface area contributed by atoms with Crippen LogP contribution >= 0.6 is 15.9 Å². The molecule has 146 valence electrons. The van der Waals surface area contributed by atoms with Crippen LogP contribution in [-0.4, -0.2) is 20.7 Å². The van der Waals surface area contributed by atoms with Gasteiger partial charge < -0.3 is 14.3 Å². The second kappa shape index (κ2) is 7.50. The van der Waals surface area contributed by atoms with Crippen molar-refractivity contribution in [3.63, 3.8) is 0 Å². The van der Waals surface area contributed by atoms with Gasteiger partial charge in [0.1, 0.15) is 12.4 Å². The molecule has 28 heavy (non-hydrogen) atoms. The van der Waals surface area contributed by atoms with Gasteiger partial charge in [0.15, 0.2) is 0 Å². The predicted octanol–water partition coefficient (Wildman–Crippen LogP) is 4.96. The second-order valence-corrected chi connectivity index (χ2v) is 8.03. The average molecular weight is 447 g/mol. The number of amides is 1. The van der Waals surface area contributed by atoms with E-state index in [2.05, 4.69) is 31.4 Å². The Balaban J connectivity index is 1.52. The van der Waals surface area contributed by atoms with Gasteiger partial charge in [-0.1, -0.05) is 22.4 Å². The molecule has 0 saturated heterocycles. The molecule has 1 aliphatic rings. The molecule has 4 rings (SSSR count). The van der Waals surface area contributed by atoms with E-state index in [1.807, 2.05) is 24.5 Å². The van der Waals surface area contributed by atoms with Crippen molar-refractivity contribution >= 4 is 27.5 Å². The first-order valence-electron chi connectivity index (χ1n) is 9.18. The van der Waals surface area contributed by atoms with Gasteiger partial charge in [-0.2, -0.15) is 0 Å². The largest absolute Gasteiger partial charge is 0.420 e. The van der Waals surface area contributed by atoms with Gasteiger partial charge >= 0.3 is 0 Å². The van der Waals surface area contributed by atoms with Crippen LogP contribution in [0.2, 0.25) is 0 Å². The first-order chi connectivity index (χ1) is 13.4. The number of halogens is 2. The molecule has 2 heterocycles. The standard InChI is InChI=1S/C20H20BrFN4O2/c1-11-8-15(20-25-24-19(28-20)13-4-3-5-13)12(2)26(11)10-18(27)23-17-7-6-14(21)9-16(17)22/h6-9,13H,3-5,10H2,1-2H3,(H,23,27). The molecule has 0 spiro atoms. The minimum atomic E-state index is -0.487. The van der Waals surface area contributed by atoms with E-state index in [1.165, 1.54) is 18.6 Å². The summed E-state index contributed by atoms with van der Waals surface area (Å²) in [6, 6.07) is 6.45. The maximum atomic E-state index is 14.0. The highest BCUT2D eigenvalue weighted by molar-refractivity contribution is 9.10. The minimum Gasteiger partial charge on any atom is -0.420 e. The van der Waals surface area contributed by atoms with Gasteiger partial charge in [0.05, 0.1) is 11.3 Å². The van der Waals surface area contributed by atoms with Crippen LogP contribution in [0, 0.1) is 19.7 Å². The van der Waals surface area contributed by atoms with Crippen LogP contribution in [0.4, 0.5) is 10.1 Å². The minimum absolute atomic E-state index is 0.0663. The highest BCUT2D eigenvalue weighted by atomic mass is 79.9. The molecule has 1 N–H and O–H groups in total. The Labute approximate surface area is 170 Å². The van der Waals surface area contributed by atoms with Crippen LogP contribution < -0.4 is 5.32 Å². The number of aryl methyl sites for hydroxylation is 1. The van der Waals surface area contributed by atoms with Gasteiger partial charge in [0.2, 0.25) is 17.7 Å². The zero-order chi connectivity index (χ0) is 19.8. The highest BCUT2D eigenvalue weighted by Crippen LogP contribution is 2.37. The Morgan fingerprint density at radius 2 is 2.11 bits per heavy atom. The Morgan fingerprint density at radius 1 is 1.32 bits per heavy atom. The predicted molar refractivity (Wildman–Crippen MR) is 107 cm³/mol. The van der Waals surface area contributed by atoms with Gasteiger partial charge in [-0.3, -0.25) is 4.79 Å². The van der Waals surface area contributed by atoms with E-state index in [9.17, 15) is 9.18 Å². The smallest absolute Gasteiger partial charge is 0.249 e. The summed E-state index contributed by atoms with van der Waals surface area (Å²) < 4.78 is 22.3. The van der Waals surface area contributed by atoms with Crippen LogP contribution in [0.15, 0.2) is 33.2 Å². The molecule has 1 amide bonds. The zero-order valence-corrected chi connectivity index (χ0v) is 17.2.